The molecule has 6 heteroatoms. The molecule has 0 amide bonds. The quantitative estimate of drug-likeness (QED) is 0.315. The Morgan fingerprint density at radius 1 is 1.22 bits per heavy atom. The smallest absolute Gasteiger partial charge is 0.191 e. The van der Waals surface area contributed by atoms with Crippen molar-refractivity contribution in [3.05, 3.63) is 30.3 Å². The first-order valence-corrected chi connectivity index (χ1v) is 10.2. The van der Waals surface area contributed by atoms with Crippen molar-refractivity contribution in [1.29, 1.82) is 0 Å². The van der Waals surface area contributed by atoms with Crippen LogP contribution in [0, 0.1) is 0 Å². The van der Waals surface area contributed by atoms with Gasteiger partial charge in [0.05, 0.1) is 6.54 Å². The van der Waals surface area contributed by atoms with Gasteiger partial charge in [-0.25, -0.2) is 0 Å². The van der Waals surface area contributed by atoms with E-state index in [0.29, 0.717) is 6.04 Å². The van der Waals surface area contributed by atoms with Crippen LogP contribution in [0.1, 0.15) is 46.0 Å². The van der Waals surface area contributed by atoms with Crippen LogP contribution < -0.4 is 15.4 Å². The molecular weight excluding hydrogens is 451 g/mol. The molecular formula is C21H37IN4O. The van der Waals surface area contributed by atoms with Crippen molar-refractivity contribution in [3.8, 4) is 5.75 Å². The molecule has 5 nitrogen and oxygen atoms in total. The van der Waals surface area contributed by atoms with Crippen molar-refractivity contribution < 1.29 is 4.74 Å². The van der Waals surface area contributed by atoms with E-state index in [1.165, 1.54) is 45.3 Å². The first-order valence-electron chi connectivity index (χ1n) is 10.2. The largest absolute Gasteiger partial charge is 0.489 e. The Bertz CT molecular complexity index is 518. The maximum atomic E-state index is 6.05. The van der Waals surface area contributed by atoms with Gasteiger partial charge in [0.2, 0.25) is 0 Å². The number of unbranched alkanes of at least 4 members (excludes halogenated alkanes) is 1. The highest BCUT2D eigenvalue weighted by Gasteiger charge is 2.19. The summed E-state index contributed by atoms with van der Waals surface area (Å²) in [6, 6.07) is 10.5. The van der Waals surface area contributed by atoms with E-state index < -0.39 is 0 Å². The molecule has 1 saturated heterocycles. The molecule has 0 saturated carbocycles. The molecule has 1 heterocycles. The van der Waals surface area contributed by atoms with Crippen molar-refractivity contribution >= 4 is 29.9 Å². The summed E-state index contributed by atoms with van der Waals surface area (Å²) >= 11 is 0. The van der Waals surface area contributed by atoms with Crippen LogP contribution in [0.2, 0.25) is 0 Å². The molecule has 0 spiro atoms. The molecule has 0 radical (unpaired) electrons. The van der Waals surface area contributed by atoms with Gasteiger partial charge in [-0.2, -0.15) is 0 Å². The number of para-hydroxylation sites is 1. The Morgan fingerprint density at radius 3 is 2.52 bits per heavy atom. The molecule has 1 unspecified atom stereocenters. The Kier molecular flexibility index (Phi) is 12.5. The van der Waals surface area contributed by atoms with Crippen molar-refractivity contribution in [2.24, 2.45) is 4.99 Å². The molecule has 2 rings (SSSR count). The highest BCUT2D eigenvalue weighted by atomic mass is 127. The third kappa shape index (κ3) is 9.14. The van der Waals surface area contributed by atoms with Gasteiger partial charge >= 0.3 is 0 Å². The average molecular weight is 488 g/mol. The van der Waals surface area contributed by atoms with Gasteiger partial charge in [-0.05, 0) is 44.4 Å². The Morgan fingerprint density at radius 2 is 1.93 bits per heavy atom. The lowest BCUT2D eigenvalue weighted by molar-refractivity contribution is 0.196. The number of hydrogen-bond acceptors (Lipinski definition) is 3. The van der Waals surface area contributed by atoms with Crippen LogP contribution in [-0.4, -0.2) is 56.2 Å². The van der Waals surface area contributed by atoms with Crippen molar-refractivity contribution in [3.63, 3.8) is 0 Å². The summed E-state index contributed by atoms with van der Waals surface area (Å²) in [6.45, 7) is 8.77. The summed E-state index contributed by atoms with van der Waals surface area (Å²) in [6.07, 6.45) is 6.03. The third-order valence-electron chi connectivity index (χ3n) is 4.98. The molecule has 0 bridgehead atoms. The molecule has 0 aliphatic carbocycles. The maximum absolute atomic E-state index is 6.05. The SMILES string of the molecule is CCCCN1CCC(NC(=NC)NCC(CC)Oc2ccccc2)CC1.I. The fourth-order valence-electron chi connectivity index (χ4n) is 3.24. The molecule has 27 heavy (non-hydrogen) atoms. The van der Waals surface area contributed by atoms with Gasteiger partial charge in [0, 0.05) is 26.2 Å². The normalized spacial score (nSPS) is 17.1. The monoisotopic (exact) mass is 488 g/mol. The minimum atomic E-state index is 0. The number of nitrogens with one attached hydrogen (secondary N) is 2. The van der Waals surface area contributed by atoms with Crippen LogP contribution in [0.25, 0.3) is 0 Å². The van der Waals surface area contributed by atoms with E-state index >= 15 is 0 Å². The minimum Gasteiger partial charge on any atom is -0.489 e. The summed E-state index contributed by atoms with van der Waals surface area (Å²) in [5.74, 6) is 1.80. The predicted octanol–water partition coefficient (Wildman–Crippen LogP) is 3.89. The number of nitrogens with zero attached hydrogens (tertiary/aromatic N) is 2. The number of ether oxygens (including phenoxy) is 1. The molecule has 1 aliphatic rings. The van der Waals surface area contributed by atoms with Gasteiger partial charge in [-0.1, -0.05) is 38.5 Å². The Labute approximate surface area is 182 Å². The number of halogens is 1. The number of benzene rings is 1. The lowest BCUT2D eigenvalue weighted by atomic mass is 10.0. The molecule has 1 aromatic carbocycles. The summed E-state index contributed by atoms with van der Waals surface area (Å²) in [7, 11) is 1.84. The number of hydrogen-bond donors (Lipinski definition) is 2. The number of guanidine groups is 1. The zero-order valence-corrected chi connectivity index (χ0v) is 19.4. The number of likely N-dealkylation sites (tertiary alicyclic amines) is 1. The van der Waals surface area contributed by atoms with Crippen LogP contribution >= 0.6 is 24.0 Å². The van der Waals surface area contributed by atoms with E-state index in [1.807, 2.05) is 37.4 Å². The van der Waals surface area contributed by atoms with Gasteiger partial charge < -0.3 is 20.3 Å². The maximum Gasteiger partial charge on any atom is 0.191 e. The van der Waals surface area contributed by atoms with E-state index in [0.717, 1.165) is 24.7 Å². The van der Waals surface area contributed by atoms with E-state index in [9.17, 15) is 0 Å². The van der Waals surface area contributed by atoms with Crippen molar-refractivity contribution in [1.82, 2.24) is 15.5 Å². The zero-order chi connectivity index (χ0) is 18.6. The zero-order valence-electron chi connectivity index (χ0n) is 17.1. The van der Waals surface area contributed by atoms with E-state index in [4.69, 9.17) is 4.74 Å². The summed E-state index contributed by atoms with van der Waals surface area (Å²) in [5.41, 5.74) is 0. The highest BCUT2D eigenvalue weighted by Crippen LogP contribution is 2.13. The fraction of sp³-hybridized carbons (Fsp3) is 0.667. The lowest BCUT2D eigenvalue weighted by Gasteiger charge is -2.33. The minimum absolute atomic E-state index is 0. The topological polar surface area (TPSA) is 48.9 Å². The van der Waals surface area contributed by atoms with E-state index in [-0.39, 0.29) is 30.1 Å². The predicted molar refractivity (Wildman–Crippen MR) is 125 cm³/mol. The first kappa shape index (κ1) is 24.0. The molecule has 1 atom stereocenters. The molecule has 0 aromatic heterocycles. The summed E-state index contributed by atoms with van der Waals surface area (Å²) < 4.78 is 6.05. The second kappa shape index (κ2) is 14.0. The van der Waals surface area contributed by atoms with Crippen LogP contribution in [0.15, 0.2) is 35.3 Å². The molecule has 1 aliphatic heterocycles. The van der Waals surface area contributed by atoms with Crippen LogP contribution in [-0.2, 0) is 0 Å². The number of aliphatic imine (C=N–C) groups is 1. The van der Waals surface area contributed by atoms with Gasteiger partial charge in [0.15, 0.2) is 5.96 Å². The third-order valence-corrected chi connectivity index (χ3v) is 4.98. The Balaban J connectivity index is 0.00000364. The standard InChI is InChI=1S/C21H36N4O.HI/c1-4-6-14-25-15-12-18(13-16-25)24-21(22-3)23-17-19(5-2)26-20-10-8-7-9-11-20;/h7-11,18-19H,4-6,12-17H2,1-3H3,(H2,22,23,24);1H. The molecule has 1 fully saturated rings. The fourth-order valence-corrected chi connectivity index (χ4v) is 3.24. The van der Waals surface area contributed by atoms with Crippen molar-refractivity contribution in [2.75, 3.05) is 33.2 Å². The van der Waals surface area contributed by atoms with Gasteiger partial charge in [0.1, 0.15) is 11.9 Å². The second-order valence-corrected chi connectivity index (χ2v) is 7.03. The molecule has 2 N–H and O–H groups in total. The van der Waals surface area contributed by atoms with Crippen LogP contribution in [0.5, 0.6) is 5.75 Å². The first-order chi connectivity index (χ1) is 12.7. The second-order valence-electron chi connectivity index (χ2n) is 7.03. The summed E-state index contributed by atoms with van der Waals surface area (Å²) in [4.78, 5) is 6.97. The summed E-state index contributed by atoms with van der Waals surface area (Å²) in [5, 5.41) is 7.02. The number of rotatable bonds is 9. The van der Waals surface area contributed by atoms with Gasteiger partial charge in [-0.3, -0.25) is 4.99 Å². The van der Waals surface area contributed by atoms with Crippen LogP contribution in [0.3, 0.4) is 0 Å². The van der Waals surface area contributed by atoms with Crippen LogP contribution in [0.4, 0.5) is 0 Å². The lowest BCUT2D eigenvalue weighted by Crippen LogP contribution is -2.50. The van der Waals surface area contributed by atoms with Crippen molar-refractivity contribution in [2.45, 2.75) is 58.1 Å². The number of piperidine rings is 1. The Hall–Kier alpha value is -1.02. The van der Waals surface area contributed by atoms with Gasteiger partial charge in [-0.15, -0.1) is 24.0 Å². The average Bonchev–Trinajstić information content (AvgIpc) is 2.70. The molecule has 1 aromatic rings. The highest BCUT2D eigenvalue weighted by molar-refractivity contribution is 14.0. The van der Waals surface area contributed by atoms with Gasteiger partial charge in [0.25, 0.3) is 0 Å². The van der Waals surface area contributed by atoms with E-state index in [1.54, 1.807) is 0 Å². The van der Waals surface area contributed by atoms with E-state index in [2.05, 4.69) is 34.4 Å². The molecule has 154 valence electrons.